The van der Waals surface area contributed by atoms with Crippen LogP contribution in [0.2, 0.25) is 0 Å². The van der Waals surface area contributed by atoms with Gasteiger partial charge in [-0.2, -0.15) is 0 Å². The molecule has 0 saturated heterocycles. The summed E-state index contributed by atoms with van der Waals surface area (Å²) in [7, 11) is 1.34. The average Bonchev–Trinajstić information content (AvgIpc) is 2.99. The molecule has 0 spiro atoms. The first kappa shape index (κ1) is 21.2. The third-order valence-electron chi connectivity index (χ3n) is 4.51. The molecule has 0 aliphatic rings. The zero-order valence-electron chi connectivity index (χ0n) is 17.9. The first-order chi connectivity index (χ1) is 14.2. The van der Waals surface area contributed by atoms with Gasteiger partial charge in [-0.25, -0.2) is 15.0 Å². The molecule has 1 amide bonds. The van der Waals surface area contributed by atoms with Crippen LogP contribution in [0.4, 0.5) is 4.79 Å². The van der Waals surface area contributed by atoms with E-state index >= 15 is 0 Å². The lowest BCUT2D eigenvalue weighted by molar-refractivity contribution is 0.0589. The van der Waals surface area contributed by atoms with E-state index in [1.54, 1.807) is 32.4 Å². The van der Waals surface area contributed by atoms with E-state index in [4.69, 9.17) is 9.47 Å². The Morgan fingerprint density at radius 3 is 1.93 bits per heavy atom. The smallest absolute Gasteiger partial charge is 0.426 e. The number of amides is 1. The first-order valence-electron chi connectivity index (χ1n) is 9.67. The van der Waals surface area contributed by atoms with Crippen molar-refractivity contribution in [3.63, 3.8) is 0 Å². The van der Waals surface area contributed by atoms with Gasteiger partial charge in [-0.15, -0.1) is 0 Å². The second kappa shape index (κ2) is 8.45. The molecule has 0 saturated carbocycles. The van der Waals surface area contributed by atoms with Gasteiger partial charge in [0.2, 0.25) is 0 Å². The molecule has 0 unspecified atom stereocenters. The summed E-state index contributed by atoms with van der Waals surface area (Å²) in [6.45, 7) is 7.15. The Morgan fingerprint density at radius 2 is 1.43 bits per heavy atom. The summed E-state index contributed by atoms with van der Waals surface area (Å²) in [6, 6.07) is 19.1. The molecular weight excluding hydrogens is 380 g/mol. The van der Waals surface area contributed by atoms with Crippen molar-refractivity contribution >= 4 is 12.1 Å². The van der Waals surface area contributed by atoms with E-state index in [1.807, 2.05) is 60.7 Å². The Labute approximate surface area is 176 Å². The molecule has 30 heavy (non-hydrogen) atoms. The highest BCUT2D eigenvalue weighted by Gasteiger charge is 2.29. The van der Waals surface area contributed by atoms with E-state index in [0.717, 1.165) is 11.1 Å². The fourth-order valence-electron chi connectivity index (χ4n) is 3.33. The third kappa shape index (κ3) is 4.38. The Morgan fingerprint density at radius 1 is 0.900 bits per heavy atom. The van der Waals surface area contributed by atoms with Crippen LogP contribution >= 0.6 is 0 Å². The Balaban J connectivity index is 2.29. The lowest BCUT2D eigenvalue weighted by Crippen LogP contribution is -2.32. The molecule has 0 radical (unpaired) electrons. The molecule has 1 aromatic heterocycles. The molecule has 0 atom stereocenters. The summed E-state index contributed by atoms with van der Waals surface area (Å²) in [5, 5.41) is 0. The van der Waals surface area contributed by atoms with Crippen LogP contribution < -0.4 is 5.43 Å². The zero-order chi connectivity index (χ0) is 21.9. The molecular formula is C24H26N2O4. The van der Waals surface area contributed by atoms with Crippen LogP contribution in [0.1, 0.15) is 36.8 Å². The fourth-order valence-corrected chi connectivity index (χ4v) is 3.33. The van der Waals surface area contributed by atoms with Crippen LogP contribution in [-0.2, 0) is 9.47 Å². The summed E-state index contributed by atoms with van der Waals surface area (Å²) < 4.78 is 12.1. The highest BCUT2D eigenvalue weighted by atomic mass is 16.6. The lowest BCUT2D eigenvalue weighted by atomic mass is 9.97. The number of benzene rings is 2. The molecule has 0 fully saturated rings. The largest absolute Gasteiger partial charge is 0.465 e. The molecule has 0 aliphatic carbocycles. The van der Waals surface area contributed by atoms with Gasteiger partial charge >= 0.3 is 12.1 Å². The Hall–Kier alpha value is -3.54. The topological polar surface area (TPSA) is 69.6 Å². The normalized spacial score (nSPS) is 11.1. The van der Waals surface area contributed by atoms with Gasteiger partial charge in [-0.1, -0.05) is 60.7 Å². The van der Waals surface area contributed by atoms with E-state index < -0.39 is 17.7 Å². The first-order valence-corrected chi connectivity index (χ1v) is 9.67. The van der Waals surface area contributed by atoms with Crippen LogP contribution in [0.3, 0.4) is 0 Å². The van der Waals surface area contributed by atoms with Crippen molar-refractivity contribution in [2.75, 3.05) is 12.5 Å². The Kier molecular flexibility index (Phi) is 5.96. The van der Waals surface area contributed by atoms with Crippen LogP contribution in [0, 0.1) is 6.92 Å². The summed E-state index contributed by atoms with van der Waals surface area (Å²) in [5.41, 5.74) is 6.09. The second-order valence-electron chi connectivity index (χ2n) is 7.86. The summed E-state index contributed by atoms with van der Waals surface area (Å²) >= 11 is 0. The van der Waals surface area contributed by atoms with Gasteiger partial charge in [-0.3, -0.25) is 4.68 Å². The molecule has 6 nitrogen and oxygen atoms in total. The van der Waals surface area contributed by atoms with Crippen LogP contribution in [0.5, 0.6) is 0 Å². The maximum atomic E-state index is 12.8. The molecule has 1 heterocycles. The van der Waals surface area contributed by atoms with E-state index in [-0.39, 0.29) is 0 Å². The monoisotopic (exact) mass is 406 g/mol. The molecule has 2 aromatic carbocycles. The maximum Gasteiger partial charge on any atom is 0.426 e. The number of hydrogen-bond acceptors (Lipinski definition) is 4. The van der Waals surface area contributed by atoms with Crippen LogP contribution in [0.15, 0.2) is 60.7 Å². The molecule has 0 aliphatic heterocycles. The highest BCUT2D eigenvalue weighted by molar-refractivity contribution is 6.04. The molecule has 6 heteroatoms. The van der Waals surface area contributed by atoms with Gasteiger partial charge in [0.05, 0.1) is 24.1 Å². The highest BCUT2D eigenvalue weighted by Crippen LogP contribution is 2.39. The predicted octanol–water partition coefficient (Wildman–Crippen LogP) is 5.40. The van der Waals surface area contributed by atoms with Crippen molar-refractivity contribution < 1.29 is 19.1 Å². The number of nitrogens with one attached hydrogen (secondary N) is 1. The number of carbonyl (C=O) groups is 2. The average molecular weight is 406 g/mol. The van der Waals surface area contributed by atoms with Gasteiger partial charge < -0.3 is 9.47 Å². The van der Waals surface area contributed by atoms with Gasteiger partial charge in [-0.05, 0) is 33.3 Å². The number of aromatic nitrogens is 1. The number of rotatable bonds is 4. The van der Waals surface area contributed by atoms with Crippen LogP contribution in [0.25, 0.3) is 22.4 Å². The molecule has 3 rings (SSSR count). The second-order valence-corrected chi connectivity index (χ2v) is 7.86. The number of methoxy groups -OCH3 is 1. The molecule has 156 valence electrons. The number of hydrogen-bond donors (Lipinski definition) is 1. The van der Waals surface area contributed by atoms with Gasteiger partial charge in [0.25, 0.3) is 0 Å². The third-order valence-corrected chi connectivity index (χ3v) is 4.51. The minimum absolute atomic E-state index is 0.388. The standard InChI is InChI=1S/C24H26N2O4/c1-16-19(22(27)29-5)20(17-12-8-6-9-13-17)21(18-14-10-7-11-15-18)26(16)25-23(28)30-24(2,3)4/h6-15H,1-5H3,(H,25,28). The number of esters is 1. The molecule has 3 aromatic rings. The van der Waals surface area contributed by atoms with Gasteiger partial charge in [0.1, 0.15) is 5.60 Å². The number of carbonyl (C=O) groups excluding carboxylic acids is 2. The maximum absolute atomic E-state index is 12.8. The van der Waals surface area contributed by atoms with Crippen molar-refractivity contribution in [2.45, 2.75) is 33.3 Å². The fraction of sp³-hybridized carbons (Fsp3) is 0.250. The van der Waals surface area contributed by atoms with Crippen molar-refractivity contribution in [1.29, 1.82) is 0 Å². The lowest BCUT2D eigenvalue weighted by Gasteiger charge is -2.21. The van der Waals surface area contributed by atoms with E-state index in [1.165, 1.54) is 7.11 Å². The van der Waals surface area contributed by atoms with E-state index in [9.17, 15) is 9.59 Å². The van der Waals surface area contributed by atoms with Crippen molar-refractivity contribution in [2.24, 2.45) is 0 Å². The van der Waals surface area contributed by atoms with Gasteiger partial charge in [0.15, 0.2) is 0 Å². The minimum Gasteiger partial charge on any atom is -0.465 e. The number of nitrogens with zero attached hydrogens (tertiary/aromatic N) is 1. The minimum atomic E-state index is -0.661. The number of ether oxygens (including phenoxy) is 2. The van der Waals surface area contributed by atoms with Gasteiger partial charge in [0, 0.05) is 11.1 Å². The zero-order valence-corrected chi connectivity index (χ0v) is 17.9. The predicted molar refractivity (Wildman–Crippen MR) is 117 cm³/mol. The van der Waals surface area contributed by atoms with Crippen molar-refractivity contribution in [3.8, 4) is 22.4 Å². The summed E-state index contributed by atoms with van der Waals surface area (Å²) in [6.07, 6.45) is -0.617. The van der Waals surface area contributed by atoms with Crippen LogP contribution in [-0.4, -0.2) is 29.4 Å². The Bertz CT molecular complexity index is 1050. The van der Waals surface area contributed by atoms with E-state index in [0.29, 0.717) is 22.5 Å². The SMILES string of the molecule is COC(=O)c1c(-c2ccccc2)c(-c2ccccc2)n(NC(=O)OC(C)(C)C)c1C. The van der Waals surface area contributed by atoms with Crippen molar-refractivity contribution in [1.82, 2.24) is 4.68 Å². The van der Waals surface area contributed by atoms with Crippen molar-refractivity contribution in [3.05, 3.63) is 71.9 Å². The molecule has 1 N–H and O–H groups in total. The quantitative estimate of drug-likeness (QED) is 0.589. The van der Waals surface area contributed by atoms with E-state index in [2.05, 4.69) is 5.43 Å². The molecule has 0 bridgehead atoms. The summed E-state index contributed by atoms with van der Waals surface area (Å²) in [4.78, 5) is 25.4. The summed E-state index contributed by atoms with van der Waals surface area (Å²) in [5.74, 6) is -0.478.